The third-order valence-electron chi connectivity index (χ3n) is 4.26. The number of rotatable bonds is 3. The zero-order valence-electron chi connectivity index (χ0n) is 11.0. The maximum Gasteiger partial charge on any atom is 0.321 e. The topological polar surface area (TPSA) is 60.4 Å². The number of fused-ring (bicyclic) bond motifs is 1. The quantitative estimate of drug-likeness (QED) is 0.565. The van der Waals surface area contributed by atoms with E-state index >= 15 is 0 Å². The van der Waals surface area contributed by atoms with Crippen LogP contribution < -0.4 is 0 Å². The molecule has 0 unspecified atom stereocenters. The van der Waals surface area contributed by atoms with Gasteiger partial charge >= 0.3 is 5.97 Å². The van der Waals surface area contributed by atoms with E-state index in [0.29, 0.717) is 12.8 Å². The number of Topliss-reactive ketones (excluding diaryl/α,β-unsaturated/α-hetero) is 1. The molecule has 0 radical (unpaired) electrons. The van der Waals surface area contributed by atoms with Crippen LogP contribution in [0.5, 0.6) is 0 Å². The monoisotopic (exact) mass is 250 g/mol. The first-order valence-corrected chi connectivity index (χ1v) is 6.36. The molecule has 2 aliphatic carbocycles. The van der Waals surface area contributed by atoms with Gasteiger partial charge in [0.2, 0.25) is 0 Å². The molecule has 0 aromatic rings. The lowest BCUT2D eigenvalue weighted by molar-refractivity contribution is -0.165. The molecule has 1 saturated carbocycles. The van der Waals surface area contributed by atoms with Crippen LogP contribution in [0.1, 0.15) is 33.6 Å². The van der Waals surface area contributed by atoms with Crippen molar-refractivity contribution in [1.29, 1.82) is 0 Å². The van der Waals surface area contributed by atoms with Gasteiger partial charge in [-0.2, -0.15) is 0 Å². The Bertz CT molecular complexity index is 449. The zero-order chi connectivity index (χ0) is 13.5. The maximum atomic E-state index is 12.3. The van der Waals surface area contributed by atoms with Crippen LogP contribution in [0.2, 0.25) is 0 Å². The van der Waals surface area contributed by atoms with Crippen molar-refractivity contribution < 1.29 is 19.1 Å². The summed E-state index contributed by atoms with van der Waals surface area (Å²) < 4.78 is 5.08. The lowest BCUT2D eigenvalue weighted by Gasteiger charge is -2.30. The van der Waals surface area contributed by atoms with Gasteiger partial charge in [0.05, 0.1) is 6.61 Å². The van der Waals surface area contributed by atoms with Crippen LogP contribution in [0.4, 0.5) is 0 Å². The van der Waals surface area contributed by atoms with Crippen LogP contribution >= 0.6 is 0 Å². The Labute approximate surface area is 106 Å². The van der Waals surface area contributed by atoms with E-state index in [1.807, 2.05) is 6.92 Å². The van der Waals surface area contributed by atoms with Crippen LogP contribution in [0, 0.1) is 17.3 Å². The molecule has 0 amide bonds. The van der Waals surface area contributed by atoms with Crippen molar-refractivity contribution in [2.45, 2.75) is 33.6 Å². The summed E-state index contributed by atoms with van der Waals surface area (Å²) in [6.45, 7) is 5.24. The first-order chi connectivity index (χ1) is 8.46. The van der Waals surface area contributed by atoms with E-state index < -0.39 is 17.3 Å². The molecule has 3 atom stereocenters. The highest BCUT2D eigenvalue weighted by atomic mass is 16.5. The van der Waals surface area contributed by atoms with Gasteiger partial charge in [-0.05, 0) is 39.7 Å². The predicted molar refractivity (Wildman–Crippen MR) is 64.7 cm³/mol. The summed E-state index contributed by atoms with van der Waals surface area (Å²) >= 11 is 0. The summed E-state index contributed by atoms with van der Waals surface area (Å²) in [5.74, 6) is -1.55. The second kappa shape index (κ2) is 4.34. The van der Waals surface area contributed by atoms with Crippen molar-refractivity contribution in [3.8, 4) is 0 Å². The number of esters is 1. The number of ether oxygens (including phenoxy) is 1. The maximum absolute atomic E-state index is 12.3. The van der Waals surface area contributed by atoms with Crippen molar-refractivity contribution in [1.82, 2.24) is 0 Å². The third-order valence-corrected chi connectivity index (χ3v) is 4.26. The van der Waals surface area contributed by atoms with Gasteiger partial charge in [0.1, 0.15) is 11.2 Å². The molecule has 0 N–H and O–H groups in total. The molecule has 4 heteroatoms. The lowest BCUT2D eigenvalue weighted by Crippen LogP contribution is -2.47. The molecule has 0 aromatic heterocycles. The number of allylic oxidation sites excluding steroid dienone is 2. The van der Waals surface area contributed by atoms with E-state index in [-0.39, 0.29) is 24.1 Å². The minimum atomic E-state index is -1.26. The van der Waals surface area contributed by atoms with Gasteiger partial charge in [-0.1, -0.05) is 5.57 Å². The fourth-order valence-electron chi connectivity index (χ4n) is 3.55. The highest BCUT2D eigenvalue weighted by Crippen LogP contribution is 2.56. The Kier molecular flexibility index (Phi) is 3.13. The molecule has 0 bridgehead atoms. The van der Waals surface area contributed by atoms with Gasteiger partial charge in [0, 0.05) is 11.8 Å². The molecule has 0 aromatic carbocycles. The molecule has 0 heterocycles. The van der Waals surface area contributed by atoms with E-state index in [1.165, 1.54) is 13.0 Å². The Morgan fingerprint density at radius 3 is 2.67 bits per heavy atom. The Morgan fingerprint density at radius 2 is 2.11 bits per heavy atom. The third kappa shape index (κ3) is 1.48. The van der Waals surface area contributed by atoms with Crippen LogP contribution in [0.3, 0.4) is 0 Å². The predicted octanol–water partition coefficient (Wildman–Crippen LogP) is 1.68. The number of carbonyl (C=O) groups is 3. The number of hydrogen-bond acceptors (Lipinski definition) is 4. The van der Waals surface area contributed by atoms with Gasteiger partial charge in [-0.25, -0.2) is 0 Å². The van der Waals surface area contributed by atoms with Crippen LogP contribution in [-0.4, -0.2) is 24.1 Å². The van der Waals surface area contributed by atoms with E-state index in [9.17, 15) is 14.4 Å². The molecule has 4 nitrogen and oxygen atoms in total. The van der Waals surface area contributed by atoms with Gasteiger partial charge in [0.15, 0.2) is 5.78 Å². The second-order valence-electron chi connectivity index (χ2n) is 5.14. The Hall–Kier alpha value is -1.45. The Balaban J connectivity index is 2.50. The molecule has 0 spiro atoms. The van der Waals surface area contributed by atoms with Crippen LogP contribution in [0.15, 0.2) is 11.6 Å². The standard InChI is InChI=1S/C14H18O4/c1-4-18-13(17)14-10(8(2)7-12(14)16)5-6-11(14)9(3)15/h7,10-11H,4-6H2,1-3H3/t10-,11-,14-/m1/s1. The summed E-state index contributed by atoms with van der Waals surface area (Å²) in [6, 6.07) is 0. The highest BCUT2D eigenvalue weighted by molar-refractivity contribution is 6.15. The smallest absolute Gasteiger partial charge is 0.321 e. The van der Waals surface area contributed by atoms with Crippen LogP contribution in [0.25, 0.3) is 0 Å². The average Bonchev–Trinajstić information content (AvgIpc) is 2.78. The second-order valence-corrected chi connectivity index (χ2v) is 5.14. The van der Waals surface area contributed by atoms with Gasteiger partial charge < -0.3 is 4.74 Å². The minimum absolute atomic E-state index is 0.0954. The fourth-order valence-corrected chi connectivity index (χ4v) is 3.55. The van der Waals surface area contributed by atoms with E-state index in [2.05, 4.69) is 0 Å². The first kappa shape index (κ1) is 13.0. The molecule has 0 aliphatic heterocycles. The molecule has 0 saturated heterocycles. The average molecular weight is 250 g/mol. The van der Waals surface area contributed by atoms with E-state index in [0.717, 1.165) is 5.57 Å². The molecule has 2 rings (SSSR count). The van der Waals surface area contributed by atoms with E-state index in [4.69, 9.17) is 4.74 Å². The van der Waals surface area contributed by atoms with Crippen molar-refractivity contribution in [2.24, 2.45) is 17.3 Å². The number of carbonyl (C=O) groups excluding carboxylic acids is 3. The van der Waals surface area contributed by atoms with Gasteiger partial charge in [0.25, 0.3) is 0 Å². The van der Waals surface area contributed by atoms with Gasteiger partial charge in [-0.15, -0.1) is 0 Å². The summed E-state index contributed by atoms with van der Waals surface area (Å²) in [5.41, 5.74) is -0.358. The SMILES string of the molecule is CCOC(=O)[C@]12C(=O)C=C(C)[C@H]1CC[C@@H]2C(C)=O. The summed E-state index contributed by atoms with van der Waals surface area (Å²) in [6.07, 6.45) is 2.81. The Morgan fingerprint density at radius 1 is 1.44 bits per heavy atom. The normalized spacial score (nSPS) is 34.2. The molecule has 1 fully saturated rings. The van der Waals surface area contributed by atoms with Crippen molar-refractivity contribution >= 4 is 17.5 Å². The van der Waals surface area contributed by atoms with Crippen molar-refractivity contribution in [3.05, 3.63) is 11.6 Å². The summed E-state index contributed by atoms with van der Waals surface area (Å²) in [7, 11) is 0. The van der Waals surface area contributed by atoms with Crippen molar-refractivity contribution in [2.75, 3.05) is 6.61 Å². The minimum Gasteiger partial charge on any atom is -0.465 e. The highest BCUT2D eigenvalue weighted by Gasteiger charge is 2.65. The van der Waals surface area contributed by atoms with Crippen molar-refractivity contribution in [3.63, 3.8) is 0 Å². The summed E-state index contributed by atoms with van der Waals surface area (Å²) in [5, 5.41) is 0. The lowest BCUT2D eigenvalue weighted by atomic mass is 9.70. The molecule has 2 aliphatic rings. The largest absolute Gasteiger partial charge is 0.465 e. The number of ketones is 2. The van der Waals surface area contributed by atoms with E-state index in [1.54, 1.807) is 6.92 Å². The van der Waals surface area contributed by atoms with Gasteiger partial charge in [-0.3, -0.25) is 14.4 Å². The summed E-state index contributed by atoms with van der Waals surface area (Å²) in [4.78, 5) is 36.4. The molecule has 98 valence electrons. The van der Waals surface area contributed by atoms with Crippen LogP contribution in [-0.2, 0) is 19.1 Å². The number of hydrogen-bond donors (Lipinski definition) is 0. The fraction of sp³-hybridized carbons (Fsp3) is 0.643. The molecular weight excluding hydrogens is 232 g/mol. The molecule has 18 heavy (non-hydrogen) atoms. The zero-order valence-corrected chi connectivity index (χ0v) is 11.0. The first-order valence-electron chi connectivity index (χ1n) is 6.36. The molecular formula is C14H18O4.